The van der Waals surface area contributed by atoms with Gasteiger partial charge in [-0.1, -0.05) is 13.8 Å². The number of aliphatic hydroxyl groups is 1. The van der Waals surface area contributed by atoms with Gasteiger partial charge in [0.15, 0.2) is 18.0 Å². The number of benzene rings is 1. The fraction of sp³-hybridized carbons (Fsp3) is 0.353. The number of halogens is 1. The van der Waals surface area contributed by atoms with Crippen LogP contribution in [0.4, 0.5) is 4.79 Å². The first-order valence-corrected chi connectivity index (χ1v) is 15.4. The summed E-state index contributed by atoms with van der Waals surface area (Å²) in [7, 11) is 0. The Balaban J connectivity index is 0.00000451. The molecule has 14 heteroatoms. The maximum atomic E-state index is 13.6. The number of esters is 2. The van der Waals surface area contributed by atoms with Gasteiger partial charge in [0.05, 0.1) is 29.0 Å². The Labute approximate surface area is 292 Å². The van der Waals surface area contributed by atoms with Crippen molar-refractivity contribution in [2.45, 2.75) is 72.1 Å². The Morgan fingerprint density at radius 1 is 1.15 bits per heavy atom. The molecule has 2 N–H and O–H groups in total. The Hall–Kier alpha value is -4.57. The summed E-state index contributed by atoms with van der Waals surface area (Å²) in [6, 6.07) is 10.2. The lowest BCUT2D eigenvalue weighted by Crippen LogP contribution is -3.00. The van der Waals surface area contributed by atoms with Crippen LogP contribution in [0.3, 0.4) is 0 Å². The number of amides is 1. The van der Waals surface area contributed by atoms with Crippen molar-refractivity contribution in [3.05, 3.63) is 87.0 Å². The van der Waals surface area contributed by atoms with Gasteiger partial charge in [0.1, 0.15) is 17.9 Å². The summed E-state index contributed by atoms with van der Waals surface area (Å²) in [5.74, 6) is -0.922. The van der Waals surface area contributed by atoms with E-state index in [4.69, 9.17) is 23.9 Å². The predicted octanol–water partition coefficient (Wildman–Crippen LogP) is 0.219. The third-order valence-corrected chi connectivity index (χ3v) is 8.39. The molecule has 1 amide bonds. The summed E-state index contributed by atoms with van der Waals surface area (Å²) in [5.41, 5.74) is 2.27. The average Bonchev–Trinajstić information content (AvgIpc) is 3.43. The third kappa shape index (κ3) is 6.33. The van der Waals surface area contributed by atoms with Crippen molar-refractivity contribution < 1.29 is 67.0 Å². The summed E-state index contributed by atoms with van der Waals surface area (Å²) in [6.07, 6.45) is 3.31. The number of nitrogens with one attached hydrogen (secondary N) is 1. The average molecular weight is 771 g/mol. The lowest BCUT2D eigenvalue weighted by atomic mass is 9.86. The van der Waals surface area contributed by atoms with E-state index in [0.717, 1.165) is 16.5 Å². The van der Waals surface area contributed by atoms with Crippen LogP contribution in [-0.4, -0.2) is 45.5 Å². The molecule has 3 aromatic heterocycles. The molecule has 6 rings (SSSR count). The number of pyridine rings is 3. The molecule has 252 valence electrons. The zero-order valence-corrected chi connectivity index (χ0v) is 29.0. The van der Waals surface area contributed by atoms with Gasteiger partial charge >= 0.3 is 18.0 Å². The lowest BCUT2D eigenvalue weighted by molar-refractivity contribution is -0.727. The molecule has 0 saturated carbocycles. The molecule has 0 radical (unpaired) electrons. The largest absolute Gasteiger partial charge is 1.00 e. The summed E-state index contributed by atoms with van der Waals surface area (Å²) in [6.45, 7) is 6.99. The second-order valence-electron chi connectivity index (χ2n) is 11.7. The maximum absolute atomic E-state index is 13.6. The normalized spacial score (nSPS) is 15.9. The van der Waals surface area contributed by atoms with Crippen LogP contribution in [0.25, 0.3) is 22.3 Å². The number of nitrogens with zero attached hydrogens (tertiary/aromatic N) is 3. The van der Waals surface area contributed by atoms with Crippen LogP contribution in [0.1, 0.15) is 66.7 Å². The number of carbonyl (C=O) groups excluding carboxylic acids is 3. The van der Waals surface area contributed by atoms with Gasteiger partial charge in [-0.15, -0.1) is 0 Å². The number of alkyl carbamates (subject to hydrolysis) is 1. The smallest absolute Gasteiger partial charge is 0.412 e. The quantitative estimate of drug-likeness (QED) is 0.0699. The number of rotatable bonds is 9. The van der Waals surface area contributed by atoms with Crippen molar-refractivity contribution in [1.29, 1.82) is 0 Å². The third-order valence-electron chi connectivity index (χ3n) is 8.39. The molecular formula is C34H35IN4O9. The van der Waals surface area contributed by atoms with Crippen molar-refractivity contribution in [3.63, 3.8) is 0 Å². The monoisotopic (exact) mass is 770 g/mol. The Bertz CT molecular complexity index is 1990. The molecule has 4 aromatic rings. The molecule has 0 aliphatic carbocycles. The van der Waals surface area contributed by atoms with E-state index in [1.807, 2.05) is 26.8 Å². The first-order valence-electron chi connectivity index (χ1n) is 15.4. The maximum Gasteiger partial charge on any atom is 0.412 e. The minimum atomic E-state index is -1.90. The molecular weight excluding hydrogens is 735 g/mol. The van der Waals surface area contributed by atoms with Crippen molar-refractivity contribution in [2.75, 3.05) is 6.79 Å². The first-order chi connectivity index (χ1) is 22.5. The van der Waals surface area contributed by atoms with Crippen molar-refractivity contribution >= 4 is 28.9 Å². The van der Waals surface area contributed by atoms with E-state index < -0.39 is 23.6 Å². The number of ether oxygens (including phenoxy) is 4. The van der Waals surface area contributed by atoms with Crippen molar-refractivity contribution in [2.24, 2.45) is 0 Å². The highest BCUT2D eigenvalue weighted by Crippen LogP contribution is 2.40. The SMILES string of the molecule is CCc1c2c(nc3ccc(OCOC(=O)c4ccc[n+](COC(=O)NC(C)C)c4)cc13)-c1cc3c(c(=O)n1C2)COC(=O)[C@]3(O)CC.[I-]. The van der Waals surface area contributed by atoms with E-state index in [2.05, 4.69) is 5.32 Å². The molecule has 0 unspecified atom stereocenters. The molecule has 0 saturated heterocycles. The van der Waals surface area contributed by atoms with Crippen molar-refractivity contribution in [1.82, 2.24) is 14.9 Å². The topological polar surface area (TPSA) is 159 Å². The highest BCUT2D eigenvalue weighted by Gasteiger charge is 2.45. The van der Waals surface area contributed by atoms with Crippen LogP contribution in [0.2, 0.25) is 0 Å². The number of fused-ring (bicyclic) bond motifs is 5. The Kier molecular flexibility index (Phi) is 10.1. The van der Waals surface area contributed by atoms with Gasteiger partial charge < -0.3 is 57.9 Å². The van der Waals surface area contributed by atoms with Gasteiger partial charge in [-0.2, -0.15) is 4.57 Å². The van der Waals surface area contributed by atoms with Gasteiger partial charge in [-0.3, -0.25) is 4.79 Å². The molecule has 1 atom stereocenters. The molecule has 2 aliphatic heterocycles. The van der Waals surface area contributed by atoms with E-state index >= 15 is 0 Å². The second-order valence-corrected chi connectivity index (χ2v) is 11.7. The highest BCUT2D eigenvalue weighted by atomic mass is 127. The number of cyclic esters (lactones) is 1. The van der Waals surface area contributed by atoms with Gasteiger partial charge in [0.2, 0.25) is 6.79 Å². The Morgan fingerprint density at radius 2 is 1.94 bits per heavy atom. The van der Waals surface area contributed by atoms with E-state index in [0.29, 0.717) is 29.1 Å². The van der Waals surface area contributed by atoms with E-state index in [-0.39, 0.29) is 85.4 Å². The summed E-state index contributed by atoms with van der Waals surface area (Å²) in [5, 5.41) is 14.6. The Morgan fingerprint density at radius 3 is 2.67 bits per heavy atom. The zero-order valence-electron chi connectivity index (χ0n) is 26.9. The standard InChI is InChI=1S/C34H34N4O9.HI/c1-5-22-23-12-21(46-18-47-31(40)20-8-7-11-37(14-20)17-45-33(42)35-19(3)4)9-10-27(23)36-29-24(22)15-38-28(29)13-26-25(30(38)39)16-44-32(41)34(26,43)6-2;/h7-14,19,43H,5-6,15-18H2,1-4H3;1H/t34-;/m0./s1. The highest BCUT2D eigenvalue weighted by molar-refractivity contribution is 5.90. The molecule has 0 fully saturated rings. The number of aromatic nitrogens is 3. The number of hydrogen-bond donors (Lipinski definition) is 2. The van der Waals surface area contributed by atoms with Gasteiger partial charge in [0, 0.05) is 28.6 Å². The summed E-state index contributed by atoms with van der Waals surface area (Å²) < 4.78 is 24.6. The van der Waals surface area contributed by atoms with Crippen LogP contribution >= 0.6 is 0 Å². The fourth-order valence-corrected chi connectivity index (χ4v) is 6.00. The summed E-state index contributed by atoms with van der Waals surface area (Å²) >= 11 is 0. The predicted molar refractivity (Wildman–Crippen MR) is 166 cm³/mol. The molecule has 0 spiro atoms. The fourth-order valence-electron chi connectivity index (χ4n) is 6.00. The van der Waals surface area contributed by atoms with Gasteiger partial charge in [-0.05, 0) is 62.6 Å². The van der Waals surface area contributed by atoms with Crippen LogP contribution in [0.5, 0.6) is 5.75 Å². The molecule has 0 bridgehead atoms. The molecule has 48 heavy (non-hydrogen) atoms. The second kappa shape index (κ2) is 13.9. The number of aryl methyl sites for hydroxylation is 1. The molecule has 2 aliphatic rings. The van der Waals surface area contributed by atoms with Gasteiger partial charge in [0.25, 0.3) is 12.3 Å². The minimum Gasteiger partial charge on any atom is -1.00 e. The molecule has 1 aromatic carbocycles. The van der Waals surface area contributed by atoms with E-state index in [1.54, 1.807) is 48.0 Å². The first kappa shape index (κ1) is 34.8. The van der Waals surface area contributed by atoms with Crippen LogP contribution < -0.4 is 44.2 Å². The number of hydrogen-bond acceptors (Lipinski definition) is 10. The van der Waals surface area contributed by atoms with E-state index in [1.165, 1.54) is 10.8 Å². The van der Waals surface area contributed by atoms with Crippen LogP contribution in [0, 0.1) is 0 Å². The molecule has 5 heterocycles. The zero-order chi connectivity index (χ0) is 33.5. The van der Waals surface area contributed by atoms with Crippen LogP contribution in [0.15, 0.2) is 53.6 Å². The lowest BCUT2D eigenvalue weighted by Gasteiger charge is -2.31. The van der Waals surface area contributed by atoms with Gasteiger partial charge in [-0.25, -0.2) is 19.4 Å². The number of carbonyl (C=O) groups is 3. The summed E-state index contributed by atoms with van der Waals surface area (Å²) in [4.78, 5) is 55.4. The van der Waals surface area contributed by atoms with E-state index in [9.17, 15) is 24.3 Å². The molecule has 13 nitrogen and oxygen atoms in total. The van der Waals surface area contributed by atoms with Crippen LogP contribution in [-0.2, 0) is 50.9 Å². The minimum absolute atomic E-state index is 0. The van der Waals surface area contributed by atoms with Crippen molar-refractivity contribution in [3.8, 4) is 17.1 Å².